The van der Waals surface area contributed by atoms with Gasteiger partial charge < -0.3 is 15.4 Å². The summed E-state index contributed by atoms with van der Waals surface area (Å²) in [6.45, 7) is 4.15. The van der Waals surface area contributed by atoms with Gasteiger partial charge in [-0.1, -0.05) is 6.07 Å². The molecule has 0 radical (unpaired) electrons. The Morgan fingerprint density at radius 1 is 1.50 bits per heavy atom. The van der Waals surface area contributed by atoms with E-state index in [2.05, 4.69) is 24.0 Å². The Morgan fingerprint density at radius 2 is 2.40 bits per heavy atom. The zero-order valence-corrected chi connectivity index (χ0v) is 13.0. The predicted octanol–water partition coefficient (Wildman–Crippen LogP) is 3.15. The summed E-state index contributed by atoms with van der Waals surface area (Å²) in [7, 11) is 0. The maximum atomic E-state index is 6.14. The predicted molar refractivity (Wildman–Crippen MR) is 87.5 cm³/mol. The minimum Gasteiger partial charge on any atom is -0.399 e. The summed E-state index contributed by atoms with van der Waals surface area (Å²) in [6, 6.07) is 8.85. The Labute approximate surface area is 125 Å². The molecular weight excluding hydrogens is 268 g/mol. The summed E-state index contributed by atoms with van der Waals surface area (Å²) in [5, 5.41) is 0. The SMILES string of the molecule is CCN(c1cccc(N)c1)C1CCOC2(CCSC2)C1. The van der Waals surface area contributed by atoms with Gasteiger partial charge in [0.25, 0.3) is 0 Å². The van der Waals surface area contributed by atoms with E-state index in [9.17, 15) is 0 Å². The van der Waals surface area contributed by atoms with Gasteiger partial charge in [0.2, 0.25) is 0 Å². The van der Waals surface area contributed by atoms with Crippen molar-refractivity contribution in [1.29, 1.82) is 0 Å². The first-order valence-corrected chi connectivity index (χ1v) is 8.72. The Hall–Kier alpha value is -0.870. The van der Waals surface area contributed by atoms with E-state index in [4.69, 9.17) is 10.5 Å². The van der Waals surface area contributed by atoms with Gasteiger partial charge in [-0.15, -0.1) is 0 Å². The lowest BCUT2D eigenvalue weighted by Gasteiger charge is -2.43. The van der Waals surface area contributed by atoms with E-state index in [1.54, 1.807) is 0 Å². The number of nitrogens with zero attached hydrogens (tertiary/aromatic N) is 1. The molecule has 3 nitrogen and oxygen atoms in total. The molecule has 0 amide bonds. The van der Waals surface area contributed by atoms with Crippen LogP contribution >= 0.6 is 11.8 Å². The third kappa shape index (κ3) is 2.77. The first-order chi connectivity index (χ1) is 9.72. The highest BCUT2D eigenvalue weighted by Crippen LogP contribution is 2.40. The molecular formula is C16H24N2OS. The maximum absolute atomic E-state index is 6.14. The smallest absolute Gasteiger partial charge is 0.0799 e. The van der Waals surface area contributed by atoms with E-state index in [1.807, 2.05) is 23.9 Å². The fourth-order valence-electron chi connectivity index (χ4n) is 3.49. The third-order valence-corrected chi connectivity index (χ3v) is 5.74. The highest BCUT2D eigenvalue weighted by molar-refractivity contribution is 7.99. The normalized spacial score (nSPS) is 29.8. The molecule has 0 bridgehead atoms. The molecule has 2 atom stereocenters. The number of ether oxygens (including phenoxy) is 1. The van der Waals surface area contributed by atoms with Crippen molar-refractivity contribution in [3.05, 3.63) is 24.3 Å². The quantitative estimate of drug-likeness (QED) is 0.869. The minimum absolute atomic E-state index is 0.140. The molecule has 1 aromatic rings. The number of nitrogen functional groups attached to an aromatic ring is 1. The van der Waals surface area contributed by atoms with Crippen molar-refractivity contribution in [2.45, 2.75) is 37.8 Å². The van der Waals surface area contributed by atoms with E-state index in [0.29, 0.717) is 6.04 Å². The van der Waals surface area contributed by atoms with Crippen molar-refractivity contribution in [1.82, 2.24) is 0 Å². The average molecular weight is 292 g/mol. The number of hydrogen-bond acceptors (Lipinski definition) is 4. The van der Waals surface area contributed by atoms with Gasteiger partial charge in [-0.05, 0) is 50.1 Å². The van der Waals surface area contributed by atoms with Gasteiger partial charge in [0, 0.05) is 36.3 Å². The molecule has 0 saturated carbocycles. The molecule has 110 valence electrons. The highest BCUT2D eigenvalue weighted by atomic mass is 32.2. The molecule has 2 fully saturated rings. The molecule has 2 heterocycles. The first-order valence-electron chi connectivity index (χ1n) is 7.56. The van der Waals surface area contributed by atoms with Gasteiger partial charge in [-0.3, -0.25) is 0 Å². The average Bonchev–Trinajstić information content (AvgIpc) is 2.88. The second-order valence-corrected chi connectivity index (χ2v) is 6.97. The van der Waals surface area contributed by atoms with Crippen LogP contribution in [0.5, 0.6) is 0 Å². The molecule has 1 spiro atoms. The Kier molecular flexibility index (Phi) is 4.13. The van der Waals surface area contributed by atoms with Crippen LogP contribution in [0.1, 0.15) is 26.2 Å². The standard InChI is InChI=1S/C16H24N2OS/c1-2-18(14-5-3-4-13(17)10-14)15-6-8-19-16(11-15)7-9-20-12-16/h3-5,10,15H,2,6-9,11-12,17H2,1H3. The van der Waals surface area contributed by atoms with Gasteiger partial charge in [0.05, 0.1) is 5.60 Å². The first kappa shape index (κ1) is 14.1. The van der Waals surface area contributed by atoms with Crippen molar-refractivity contribution in [3.63, 3.8) is 0 Å². The summed E-state index contributed by atoms with van der Waals surface area (Å²) in [4.78, 5) is 2.50. The van der Waals surface area contributed by atoms with E-state index in [0.717, 1.165) is 37.4 Å². The van der Waals surface area contributed by atoms with Crippen LogP contribution in [-0.4, -0.2) is 36.3 Å². The second kappa shape index (κ2) is 5.86. The summed E-state index contributed by atoms with van der Waals surface area (Å²) in [6.07, 6.45) is 3.49. The van der Waals surface area contributed by atoms with Gasteiger partial charge in [0.1, 0.15) is 0 Å². The lowest BCUT2D eigenvalue weighted by atomic mass is 9.88. The van der Waals surface area contributed by atoms with Crippen LogP contribution in [0.2, 0.25) is 0 Å². The molecule has 0 aromatic heterocycles. The Bertz CT molecular complexity index is 460. The number of rotatable bonds is 3. The lowest BCUT2D eigenvalue weighted by Crippen LogP contribution is -2.49. The van der Waals surface area contributed by atoms with E-state index in [-0.39, 0.29) is 5.60 Å². The molecule has 1 aromatic carbocycles. The lowest BCUT2D eigenvalue weighted by molar-refractivity contribution is -0.0662. The fourth-order valence-corrected chi connectivity index (χ4v) is 4.86. The van der Waals surface area contributed by atoms with Gasteiger partial charge in [0.15, 0.2) is 0 Å². The largest absolute Gasteiger partial charge is 0.399 e. The van der Waals surface area contributed by atoms with Crippen LogP contribution in [0, 0.1) is 0 Å². The Morgan fingerprint density at radius 3 is 3.10 bits per heavy atom. The molecule has 3 rings (SSSR count). The number of thioether (sulfide) groups is 1. The number of anilines is 2. The molecule has 2 unspecified atom stereocenters. The van der Waals surface area contributed by atoms with E-state index >= 15 is 0 Å². The zero-order chi connectivity index (χ0) is 14.0. The van der Waals surface area contributed by atoms with Crippen molar-refractivity contribution in [2.24, 2.45) is 0 Å². The van der Waals surface area contributed by atoms with Crippen LogP contribution in [0.15, 0.2) is 24.3 Å². The highest BCUT2D eigenvalue weighted by Gasteiger charge is 2.41. The van der Waals surface area contributed by atoms with Gasteiger partial charge in [-0.2, -0.15) is 11.8 Å². The van der Waals surface area contributed by atoms with Crippen LogP contribution in [0.25, 0.3) is 0 Å². The van der Waals surface area contributed by atoms with Crippen molar-refractivity contribution < 1.29 is 4.74 Å². The minimum atomic E-state index is 0.140. The van der Waals surface area contributed by atoms with Crippen LogP contribution in [0.4, 0.5) is 11.4 Å². The van der Waals surface area contributed by atoms with Crippen molar-refractivity contribution in [2.75, 3.05) is 35.3 Å². The molecule has 2 aliphatic heterocycles. The van der Waals surface area contributed by atoms with Crippen LogP contribution < -0.4 is 10.6 Å². The van der Waals surface area contributed by atoms with Gasteiger partial charge in [-0.25, -0.2) is 0 Å². The van der Waals surface area contributed by atoms with Crippen molar-refractivity contribution >= 4 is 23.1 Å². The van der Waals surface area contributed by atoms with Crippen molar-refractivity contribution in [3.8, 4) is 0 Å². The second-order valence-electron chi connectivity index (χ2n) is 5.86. The summed E-state index contributed by atoms with van der Waals surface area (Å²) < 4.78 is 6.14. The summed E-state index contributed by atoms with van der Waals surface area (Å²) >= 11 is 2.04. The molecule has 4 heteroatoms. The fraction of sp³-hybridized carbons (Fsp3) is 0.625. The van der Waals surface area contributed by atoms with Gasteiger partial charge >= 0.3 is 0 Å². The molecule has 20 heavy (non-hydrogen) atoms. The van der Waals surface area contributed by atoms with Crippen LogP contribution in [0.3, 0.4) is 0 Å². The topological polar surface area (TPSA) is 38.5 Å². The number of hydrogen-bond donors (Lipinski definition) is 1. The summed E-state index contributed by atoms with van der Waals surface area (Å²) in [5.74, 6) is 2.41. The van der Waals surface area contributed by atoms with Crippen LogP contribution in [-0.2, 0) is 4.74 Å². The number of nitrogens with two attached hydrogens (primary N) is 1. The maximum Gasteiger partial charge on any atom is 0.0799 e. The van der Waals surface area contributed by atoms with E-state index in [1.165, 1.54) is 17.9 Å². The molecule has 2 N–H and O–H groups in total. The third-order valence-electron chi connectivity index (χ3n) is 4.52. The Balaban J connectivity index is 1.78. The monoisotopic (exact) mass is 292 g/mol. The summed E-state index contributed by atoms with van der Waals surface area (Å²) in [5.41, 5.74) is 8.18. The zero-order valence-electron chi connectivity index (χ0n) is 12.2. The molecule has 2 saturated heterocycles. The molecule has 2 aliphatic rings. The molecule has 0 aliphatic carbocycles. The van der Waals surface area contributed by atoms with E-state index < -0.39 is 0 Å². The number of benzene rings is 1.